The van der Waals surface area contributed by atoms with Crippen LogP contribution in [0.25, 0.3) is 0 Å². The molecule has 110 valence electrons. The van der Waals surface area contributed by atoms with Gasteiger partial charge >= 0.3 is 0 Å². The Morgan fingerprint density at radius 1 is 1.05 bits per heavy atom. The van der Waals surface area contributed by atoms with E-state index in [1.807, 2.05) is 4.57 Å². The molecule has 0 spiro atoms. The third-order valence-electron chi connectivity index (χ3n) is 3.76. The van der Waals surface area contributed by atoms with Gasteiger partial charge in [0.2, 0.25) is 0 Å². The second kappa shape index (κ2) is 10.0. The maximum absolute atomic E-state index is 10.1. The van der Waals surface area contributed by atoms with Crippen LogP contribution in [0.1, 0.15) is 83.4 Å². The highest BCUT2D eigenvalue weighted by Crippen LogP contribution is 2.20. The molecule has 1 heterocycles. The second-order valence-corrected chi connectivity index (χ2v) is 5.38. The van der Waals surface area contributed by atoms with E-state index in [9.17, 15) is 5.11 Å². The van der Waals surface area contributed by atoms with Gasteiger partial charge in [0.1, 0.15) is 0 Å². The topological polar surface area (TPSA) is 38.1 Å². The summed E-state index contributed by atoms with van der Waals surface area (Å²) in [6.45, 7) is 5.21. The quantitative estimate of drug-likeness (QED) is 0.600. The lowest BCUT2D eigenvalue weighted by molar-refractivity contribution is 0.154. The van der Waals surface area contributed by atoms with Gasteiger partial charge in [0.05, 0.1) is 24.3 Å². The van der Waals surface area contributed by atoms with Gasteiger partial charge in [0.15, 0.2) is 0 Å². The molecule has 19 heavy (non-hydrogen) atoms. The fourth-order valence-corrected chi connectivity index (χ4v) is 2.49. The van der Waals surface area contributed by atoms with E-state index in [2.05, 4.69) is 18.8 Å². The molecule has 1 N–H and O–H groups in total. The summed E-state index contributed by atoms with van der Waals surface area (Å²) < 4.78 is 2.02. The predicted molar refractivity (Wildman–Crippen MR) is 80.1 cm³/mol. The van der Waals surface area contributed by atoms with E-state index in [1.165, 1.54) is 44.9 Å². The van der Waals surface area contributed by atoms with Gasteiger partial charge in [-0.15, -0.1) is 0 Å². The van der Waals surface area contributed by atoms with Crippen molar-refractivity contribution in [2.45, 2.75) is 84.3 Å². The van der Waals surface area contributed by atoms with Crippen LogP contribution in [0.2, 0.25) is 0 Å². The average Bonchev–Trinajstić information content (AvgIpc) is 2.90. The Kier molecular flexibility index (Phi) is 8.55. The van der Waals surface area contributed by atoms with Crippen LogP contribution < -0.4 is 0 Å². The van der Waals surface area contributed by atoms with Crippen LogP contribution in [0.4, 0.5) is 0 Å². The van der Waals surface area contributed by atoms with Crippen molar-refractivity contribution < 1.29 is 5.11 Å². The van der Waals surface area contributed by atoms with Gasteiger partial charge in [0.25, 0.3) is 0 Å². The Bertz CT molecular complexity index is 322. The van der Waals surface area contributed by atoms with Crippen molar-refractivity contribution in [1.29, 1.82) is 0 Å². The van der Waals surface area contributed by atoms with Crippen LogP contribution >= 0.6 is 0 Å². The molecular formula is C16H30N2O. The summed E-state index contributed by atoms with van der Waals surface area (Å²) >= 11 is 0. The maximum Gasteiger partial charge on any atom is 0.0955 e. The van der Waals surface area contributed by atoms with E-state index >= 15 is 0 Å². The maximum atomic E-state index is 10.1. The van der Waals surface area contributed by atoms with Gasteiger partial charge in [-0.05, 0) is 13.3 Å². The summed E-state index contributed by atoms with van der Waals surface area (Å²) in [5.41, 5.74) is 0.963. The van der Waals surface area contributed by atoms with Gasteiger partial charge in [0, 0.05) is 6.54 Å². The van der Waals surface area contributed by atoms with Gasteiger partial charge in [-0.25, -0.2) is 4.98 Å². The SMILES string of the molecule is CCCCCCCCCCC(O)c1cncn1CC. The largest absolute Gasteiger partial charge is 0.387 e. The van der Waals surface area contributed by atoms with Crippen molar-refractivity contribution in [1.82, 2.24) is 9.55 Å². The molecule has 0 aromatic carbocycles. The number of imidazole rings is 1. The number of aromatic nitrogens is 2. The molecule has 0 aliphatic rings. The number of aliphatic hydroxyl groups excluding tert-OH is 1. The van der Waals surface area contributed by atoms with E-state index < -0.39 is 0 Å². The number of unbranched alkanes of at least 4 members (excludes halogenated alkanes) is 7. The highest BCUT2D eigenvalue weighted by Gasteiger charge is 2.11. The van der Waals surface area contributed by atoms with E-state index in [-0.39, 0.29) is 6.10 Å². The number of hydrogen-bond donors (Lipinski definition) is 1. The second-order valence-electron chi connectivity index (χ2n) is 5.38. The molecule has 3 heteroatoms. The zero-order chi connectivity index (χ0) is 13.9. The van der Waals surface area contributed by atoms with Crippen molar-refractivity contribution in [2.24, 2.45) is 0 Å². The summed E-state index contributed by atoms with van der Waals surface area (Å²) in [7, 11) is 0. The molecular weight excluding hydrogens is 236 g/mol. The number of hydrogen-bond acceptors (Lipinski definition) is 2. The minimum absolute atomic E-state index is 0.345. The molecule has 1 atom stereocenters. The van der Waals surface area contributed by atoms with Crippen LogP contribution in [0.3, 0.4) is 0 Å². The monoisotopic (exact) mass is 266 g/mol. The summed E-state index contributed by atoms with van der Waals surface area (Å²) in [4.78, 5) is 4.10. The highest BCUT2D eigenvalue weighted by atomic mass is 16.3. The van der Waals surface area contributed by atoms with Gasteiger partial charge in [-0.2, -0.15) is 0 Å². The summed E-state index contributed by atoms with van der Waals surface area (Å²) in [5, 5.41) is 10.1. The van der Waals surface area contributed by atoms with Crippen molar-refractivity contribution in [2.75, 3.05) is 0 Å². The first-order valence-corrected chi connectivity index (χ1v) is 7.97. The first-order chi connectivity index (χ1) is 9.29. The summed E-state index contributed by atoms with van der Waals surface area (Å²) in [5.74, 6) is 0. The summed E-state index contributed by atoms with van der Waals surface area (Å²) in [6.07, 6.45) is 14.6. The zero-order valence-corrected chi connectivity index (χ0v) is 12.6. The number of aliphatic hydroxyl groups is 1. The minimum Gasteiger partial charge on any atom is -0.387 e. The Balaban J connectivity index is 2.06. The molecule has 0 aliphatic carbocycles. The predicted octanol–water partition coefficient (Wildman–Crippen LogP) is 4.47. The molecule has 1 aromatic rings. The van der Waals surface area contributed by atoms with E-state index in [0.29, 0.717) is 0 Å². The van der Waals surface area contributed by atoms with Crippen molar-refractivity contribution in [3.05, 3.63) is 18.2 Å². The van der Waals surface area contributed by atoms with Crippen LogP contribution in [-0.4, -0.2) is 14.7 Å². The highest BCUT2D eigenvalue weighted by molar-refractivity contribution is 5.02. The molecule has 0 saturated carbocycles. The third kappa shape index (κ3) is 6.24. The zero-order valence-electron chi connectivity index (χ0n) is 12.6. The summed E-state index contributed by atoms with van der Waals surface area (Å²) in [6, 6.07) is 0. The molecule has 0 bridgehead atoms. The molecule has 1 unspecified atom stereocenters. The molecule has 3 nitrogen and oxygen atoms in total. The smallest absolute Gasteiger partial charge is 0.0955 e. The molecule has 1 aromatic heterocycles. The molecule has 0 saturated heterocycles. The average molecular weight is 266 g/mol. The van der Waals surface area contributed by atoms with E-state index in [0.717, 1.165) is 25.1 Å². The Morgan fingerprint density at radius 2 is 1.68 bits per heavy atom. The van der Waals surface area contributed by atoms with E-state index in [4.69, 9.17) is 0 Å². The number of aryl methyl sites for hydroxylation is 1. The standard InChI is InChI=1S/C16H30N2O/c1-3-5-6-7-8-9-10-11-12-16(19)15-13-17-14-18(15)4-2/h13-14,16,19H,3-12H2,1-2H3. The normalized spacial score (nSPS) is 12.8. The molecule has 0 aliphatic heterocycles. The van der Waals surface area contributed by atoms with Crippen LogP contribution in [0.5, 0.6) is 0 Å². The van der Waals surface area contributed by atoms with Crippen molar-refractivity contribution in [3.63, 3.8) is 0 Å². The van der Waals surface area contributed by atoms with Crippen LogP contribution in [0.15, 0.2) is 12.5 Å². The lowest BCUT2D eigenvalue weighted by Crippen LogP contribution is -2.05. The van der Waals surface area contributed by atoms with E-state index in [1.54, 1.807) is 12.5 Å². The van der Waals surface area contributed by atoms with Gasteiger partial charge < -0.3 is 9.67 Å². The lowest BCUT2D eigenvalue weighted by atomic mass is 10.0. The van der Waals surface area contributed by atoms with Gasteiger partial charge in [-0.3, -0.25) is 0 Å². The van der Waals surface area contributed by atoms with Crippen LogP contribution in [-0.2, 0) is 6.54 Å². The molecule has 0 radical (unpaired) electrons. The fraction of sp³-hybridized carbons (Fsp3) is 0.812. The molecule has 1 rings (SSSR count). The fourth-order valence-electron chi connectivity index (χ4n) is 2.49. The Hall–Kier alpha value is -0.830. The lowest BCUT2D eigenvalue weighted by Gasteiger charge is -2.12. The third-order valence-corrected chi connectivity index (χ3v) is 3.76. The minimum atomic E-state index is -0.345. The van der Waals surface area contributed by atoms with Crippen LogP contribution in [0, 0.1) is 0 Å². The first-order valence-electron chi connectivity index (χ1n) is 7.97. The Labute approximate surface area is 118 Å². The first kappa shape index (κ1) is 16.2. The molecule has 0 fully saturated rings. The van der Waals surface area contributed by atoms with Crippen molar-refractivity contribution in [3.8, 4) is 0 Å². The molecule has 0 amide bonds. The van der Waals surface area contributed by atoms with Gasteiger partial charge in [-0.1, -0.05) is 58.3 Å². The number of rotatable bonds is 11. The Morgan fingerprint density at radius 3 is 2.32 bits per heavy atom. The number of nitrogens with zero attached hydrogens (tertiary/aromatic N) is 2. The van der Waals surface area contributed by atoms with Crippen molar-refractivity contribution >= 4 is 0 Å².